The second kappa shape index (κ2) is 8.88. The van der Waals surface area contributed by atoms with Crippen molar-refractivity contribution < 1.29 is 4.74 Å². The van der Waals surface area contributed by atoms with Crippen LogP contribution >= 0.6 is 0 Å². The van der Waals surface area contributed by atoms with Crippen LogP contribution in [0.5, 0.6) is 5.75 Å². The van der Waals surface area contributed by atoms with Crippen LogP contribution in [-0.4, -0.2) is 9.55 Å². The summed E-state index contributed by atoms with van der Waals surface area (Å²) in [4.78, 5) is 4.94. The lowest BCUT2D eigenvalue weighted by molar-refractivity contribution is 0.186. The van der Waals surface area contributed by atoms with E-state index in [4.69, 9.17) is 9.72 Å². The zero-order chi connectivity index (χ0) is 18.4. The first-order valence-corrected chi connectivity index (χ1v) is 9.91. The fraction of sp³-hybridized carbons (Fsp3) is 0.435. The van der Waals surface area contributed by atoms with Crippen molar-refractivity contribution >= 4 is 11.0 Å². The zero-order valence-corrected chi connectivity index (χ0v) is 16.2. The smallest absolute Gasteiger partial charge is 0.156 e. The Labute approximate surface area is 157 Å². The van der Waals surface area contributed by atoms with Crippen LogP contribution in [0.4, 0.5) is 0 Å². The van der Waals surface area contributed by atoms with Gasteiger partial charge in [0.2, 0.25) is 0 Å². The molecule has 0 aliphatic heterocycles. The normalized spacial score (nSPS) is 12.4. The van der Waals surface area contributed by atoms with Gasteiger partial charge < -0.3 is 9.30 Å². The molecule has 0 aliphatic carbocycles. The molecule has 0 saturated carbocycles. The molecule has 0 radical (unpaired) electrons. The molecule has 1 atom stereocenters. The van der Waals surface area contributed by atoms with Gasteiger partial charge in [-0.25, -0.2) is 4.98 Å². The quantitative estimate of drug-likeness (QED) is 0.414. The summed E-state index contributed by atoms with van der Waals surface area (Å²) in [5.74, 6) is 1.97. The minimum Gasteiger partial charge on any atom is -0.483 e. The Bertz CT molecular complexity index is 837. The number of fused-ring (bicyclic) bond motifs is 1. The molecule has 2 aromatic carbocycles. The van der Waals surface area contributed by atoms with E-state index >= 15 is 0 Å². The molecule has 3 nitrogen and oxygen atoms in total. The number of aryl methyl sites for hydroxylation is 2. The maximum absolute atomic E-state index is 6.34. The first-order valence-electron chi connectivity index (χ1n) is 9.91. The Morgan fingerprint density at radius 1 is 1.00 bits per heavy atom. The van der Waals surface area contributed by atoms with Crippen molar-refractivity contribution in [1.29, 1.82) is 0 Å². The zero-order valence-electron chi connectivity index (χ0n) is 16.2. The number of unbranched alkanes of at least 4 members (excludes halogenated alkanes) is 3. The molecule has 0 saturated heterocycles. The lowest BCUT2D eigenvalue weighted by atomic mass is 10.2. The monoisotopic (exact) mass is 350 g/mol. The van der Waals surface area contributed by atoms with Crippen molar-refractivity contribution in [1.82, 2.24) is 9.55 Å². The average molecular weight is 351 g/mol. The van der Waals surface area contributed by atoms with Gasteiger partial charge in [-0.1, -0.05) is 57.4 Å². The van der Waals surface area contributed by atoms with Gasteiger partial charge in [-0.3, -0.25) is 0 Å². The summed E-state index contributed by atoms with van der Waals surface area (Å²) in [7, 11) is 0. The molecule has 3 aromatic rings. The number of aromatic nitrogens is 2. The van der Waals surface area contributed by atoms with E-state index in [1.165, 1.54) is 36.8 Å². The Morgan fingerprint density at radius 3 is 2.62 bits per heavy atom. The minimum absolute atomic E-state index is 0.0321. The van der Waals surface area contributed by atoms with Gasteiger partial charge >= 0.3 is 0 Å². The lowest BCUT2D eigenvalue weighted by Crippen LogP contribution is -2.14. The van der Waals surface area contributed by atoms with Crippen molar-refractivity contribution in [3.8, 4) is 5.75 Å². The van der Waals surface area contributed by atoms with E-state index in [2.05, 4.69) is 61.7 Å². The van der Waals surface area contributed by atoms with E-state index in [1.54, 1.807) is 0 Å². The van der Waals surface area contributed by atoms with E-state index in [0.717, 1.165) is 30.1 Å². The van der Waals surface area contributed by atoms with Gasteiger partial charge in [-0.2, -0.15) is 0 Å². The van der Waals surface area contributed by atoms with Crippen LogP contribution in [0.1, 0.15) is 63.4 Å². The SMILES string of the molecule is CCCCCCn1c(C(CC)Oc2cccc(C)c2)nc2ccccc21. The highest BCUT2D eigenvalue weighted by atomic mass is 16.5. The average Bonchev–Trinajstić information content (AvgIpc) is 3.02. The van der Waals surface area contributed by atoms with Crippen LogP contribution in [0, 0.1) is 6.92 Å². The summed E-state index contributed by atoms with van der Waals surface area (Å²) in [6, 6.07) is 16.7. The fourth-order valence-corrected chi connectivity index (χ4v) is 3.44. The van der Waals surface area contributed by atoms with Gasteiger partial charge in [0.25, 0.3) is 0 Å². The van der Waals surface area contributed by atoms with E-state index in [1.807, 2.05) is 12.1 Å². The number of ether oxygens (including phenoxy) is 1. The first-order chi connectivity index (χ1) is 12.7. The van der Waals surface area contributed by atoms with Gasteiger partial charge in [-0.05, 0) is 49.6 Å². The molecule has 1 heterocycles. The van der Waals surface area contributed by atoms with Crippen molar-refractivity contribution in [3.05, 3.63) is 59.9 Å². The van der Waals surface area contributed by atoms with E-state index in [-0.39, 0.29) is 6.10 Å². The van der Waals surface area contributed by atoms with E-state index in [0.29, 0.717) is 0 Å². The van der Waals surface area contributed by atoms with Crippen LogP contribution < -0.4 is 4.74 Å². The molecule has 3 rings (SSSR count). The van der Waals surface area contributed by atoms with Gasteiger partial charge in [0.1, 0.15) is 5.75 Å². The number of benzene rings is 2. The third-order valence-electron chi connectivity index (χ3n) is 4.85. The Morgan fingerprint density at radius 2 is 1.85 bits per heavy atom. The van der Waals surface area contributed by atoms with Crippen molar-refractivity contribution in [2.24, 2.45) is 0 Å². The molecule has 0 aliphatic rings. The maximum atomic E-state index is 6.34. The summed E-state index contributed by atoms with van der Waals surface area (Å²) in [6.45, 7) is 7.52. The highest BCUT2D eigenvalue weighted by Gasteiger charge is 2.20. The Balaban J connectivity index is 1.90. The molecule has 0 spiro atoms. The van der Waals surface area contributed by atoms with Crippen molar-refractivity contribution in [2.75, 3.05) is 0 Å². The first kappa shape index (κ1) is 18.5. The molecule has 0 N–H and O–H groups in total. The molecule has 0 bridgehead atoms. The van der Waals surface area contributed by atoms with Crippen LogP contribution in [-0.2, 0) is 6.54 Å². The van der Waals surface area contributed by atoms with Crippen LogP contribution in [0.25, 0.3) is 11.0 Å². The molecule has 1 unspecified atom stereocenters. The lowest BCUT2D eigenvalue weighted by Gasteiger charge is -2.19. The number of para-hydroxylation sites is 2. The topological polar surface area (TPSA) is 27.1 Å². The number of hydrogen-bond acceptors (Lipinski definition) is 2. The fourth-order valence-electron chi connectivity index (χ4n) is 3.44. The molecule has 138 valence electrons. The Kier molecular flexibility index (Phi) is 6.32. The summed E-state index contributed by atoms with van der Waals surface area (Å²) in [5.41, 5.74) is 3.49. The minimum atomic E-state index is -0.0321. The van der Waals surface area contributed by atoms with Gasteiger partial charge in [0.05, 0.1) is 11.0 Å². The van der Waals surface area contributed by atoms with Gasteiger partial charge in [-0.15, -0.1) is 0 Å². The summed E-state index contributed by atoms with van der Waals surface area (Å²) >= 11 is 0. The predicted octanol–water partition coefficient (Wildman–Crippen LogP) is 6.46. The summed E-state index contributed by atoms with van der Waals surface area (Å²) < 4.78 is 8.71. The highest BCUT2D eigenvalue weighted by Crippen LogP contribution is 2.28. The van der Waals surface area contributed by atoms with Crippen LogP contribution in [0.3, 0.4) is 0 Å². The molecule has 0 amide bonds. The number of nitrogens with zero attached hydrogens (tertiary/aromatic N) is 2. The number of rotatable bonds is 9. The van der Waals surface area contributed by atoms with Crippen molar-refractivity contribution in [2.45, 2.75) is 65.5 Å². The standard InChI is InChI=1S/C23H30N2O/c1-4-6-7-10-16-25-21-15-9-8-14-20(21)24-23(25)22(5-2)26-19-13-11-12-18(3)17-19/h8-9,11-15,17,22H,4-7,10,16H2,1-3H3. The number of imidazole rings is 1. The molecule has 1 aromatic heterocycles. The van der Waals surface area contributed by atoms with Gasteiger partial charge in [0, 0.05) is 6.54 Å². The highest BCUT2D eigenvalue weighted by molar-refractivity contribution is 5.76. The van der Waals surface area contributed by atoms with Crippen LogP contribution in [0.2, 0.25) is 0 Å². The van der Waals surface area contributed by atoms with Crippen molar-refractivity contribution in [3.63, 3.8) is 0 Å². The summed E-state index contributed by atoms with van der Waals surface area (Å²) in [6.07, 6.45) is 5.85. The third-order valence-corrected chi connectivity index (χ3v) is 4.85. The second-order valence-corrected chi connectivity index (χ2v) is 7.00. The molecule has 0 fully saturated rings. The Hall–Kier alpha value is -2.29. The number of hydrogen-bond donors (Lipinski definition) is 0. The molecular weight excluding hydrogens is 320 g/mol. The molecular formula is C23H30N2O. The van der Waals surface area contributed by atoms with Gasteiger partial charge in [0.15, 0.2) is 11.9 Å². The predicted molar refractivity (Wildman–Crippen MR) is 109 cm³/mol. The van der Waals surface area contributed by atoms with Crippen LogP contribution in [0.15, 0.2) is 48.5 Å². The molecule has 26 heavy (non-hydrogen) atoms. The maximum Gasteiger partial charge on any atom is 0.156 e. The molecule has 3 heteroatoms. The second-order valence-electron chi connectivity index (χ2n) is 7.00. The largest absolute Gasteiger partial charge is 0.483 e. The van der Waals surface area contributed by atoms with E-state index < -0.39 is 0 Å². The summed E-state index contributed by atoms with van der Waals surface area (Å²) in [5, 5.41) is 0. The third kappa shape index (κ3) is 4.27. The van der Waals surface area contributed by atoms with E-state index in [9.17, 15) is 0 Å².